The number of rotatable bonds is 3. The van der Waals surface area contributed by atoms with E-state index in [2.05, 4.69) is 36.1 Å². The van der Waals surface area contributed by atoms with Crippen molar-refractivity contribution in [3.05, 3.63) is 29.8 Å². The normalized spacial score (nSPS) is 25.5. The van der Waals surface area contributed by atoms with E-state index in [9.17, 15) is 4.79 Å². The van der Waals surface area contributed by atoms with Gasteiger partial charge in [0.25, 0.3) is 0 Å². The van der Waals surface area contributed by atoms with Gasteiger partial charge < -0.3 is 9.64 Å². The molecule has 26 heavy (non-hydrogen) atoms. The minimum absolute atomic E-state index is 0.0636. The Morgan fingerprint density at radius 3 is 2.35 bits per heavy atom. The molecule has 1 atom stereocenters. The molecule has 2 saturated heterocycles. The van der Waals surface area contributed by atoms with Crippen LogP contribution in [0.1, 0.15) is 76.3 Å². The zero-order chi connectivity index (χ0) is 18.0. The molecule has 0 radical (unpaired) electrons. The third-order valence-electron chi connectivity index (χ3n) is 6.25. The summed E-state index contributed by atoms with van der Waals surface area (Å²) in [5, 5.41) is 0. The van der Waals surface area contributed by atoms with E-state index in [0.29, 0.717) is 6.42 Å². The number of ether oxygens (including phenoxy) is 1. The van der Waals surface area contributed by atoms with Gasteiger partial charge in [0, 0.05) is 18.8 Å². The van der Waals surface area contributed by atoms with E-state index >= 15 is 0 Å². The zero-order valence-corrected chi connectivity index (χ0v) is 15.9. The smallest absolute Gasteiger partial charge is 0.312 e. The van der Waals surface area contributed by atoms with Crippen LogP contribution in [0.15, 0.2) is 29.3 Å². The highest BCUT2D eigenvalue weighted by Crippen LogP contribution is 2.39. The van der Waals surface area contributed by atoms with Crippen molar-refractivity contribution in [3.63, 3.8) is 0 Å². The fourth-order valence-electron chi connectivity index (χ4n) is 4.71. The van der Waals surface area contributed by atoms with E-state index in [1.165, 1.54) is 50.0 Å². The van der Waals surface area contributed by atoms with Crippen molar-refractivity contribution >= 4 is 17.4 Å². The summed E-state index contributed by atoms with van der Waals surface area (Å²) in [5.41, 5.74) is 3.12. The van der Waals surface area contributed by atoms with Gasteiger partial charge in [-0.15, -0.1) is 0 Å². The summed E-state index contributed by atoms with van der Waals surface area (Å²) in [4.78, 5) is 19.4. The number of benzene rings is 1. The van der Waals surface area contributed by atoms with Crippen molar-refractivity contribution in [3.8, 4) is 0 Å². The van der Waals surface area contributed by atoms with Crippen LogP contribution in [-0.4, -0.2) is 30.4 Å². The van der Waals surface area contributed by atoms with Gasteiger partial charge in [0.1, 0.15) is 0 Å². The SMILES string of the molecule is C[C@@H](N=C1CC(=O)OC12CCCCC2)c1ccc(N2CCCCC2)cc1. The number of carbonyl (C=O) groups is 1. The molecule has 140 valence electrons. The Labute approximate surface area is 156 Å². The van der Waals surface area contributed by atoms with E-state index in [1.807, 2.05) is 0 Å². The molecule has 1 saturated carbocycles. The van der Waals surface area contributed by atoms with Crippen LogP contribution < -0.4 is 4.90 Å². The van der Waals surface area contributed by atoms with Gasteiger partial charge >= 0.3 is 5.97 Å². The second kappa shape index (κ2) is 7.42. The predicted molar refractivity (Wildman–Crippen MR) is 105 cm³/mol. The average molecular weight is 354 g/mol. The summed E-state index contributed by atoms with van der Waals surface area (Å²) in [7, 11) is 0. The van der Waals surface area contributed by atoms with E-state index in [4.69, 9.17) is 9.73 Å². The molecule has 1 spiro atoms. The first-order chi connectivity index (χ1) is 12.7. The summed E-state index contributed by atoms with van der Waals surface area (Å²) in [5.74, 6) is -0.0988. The number of hydrogen-bond acceptors (Lipinski definition) is 4. The molecule has 0 amide bonds. The largest absolute Gasteiger partial charge is 0.453 e. The van der Waals surface area contributed by atoms with E-state index < -0.39 is 5.60 Å². The molecule has 0 N–H and O–H groups in total. The van der Waals surface area contributed by atoms with Crippen molar-refractivity contribution in [1.82, 2.24) is 0 Å². The number of aliphatic imine (C=N–C) groups is 1. The lowest BCUT2D eigenvalue weighted by Crippen LogP contribution is -2.38. The molecule has 1 aliphatic carbocycles. The molecule has 0 aromatic heterocycles. The highest BCUT2D eigenvalue weighted by atomic mass is 16.6. The molecule has 1 aromatic rings. The lowest BCUT2D eigenvalue weighted by Gasteiger charge is -2.32. The van der Waals surface area contributed by atoms with E-state index in [-0.39, 0.29) is 12.0 Å². The number of nitrogens with zero attached hydrogens (tertiary/aromatic N) is 2. The molecule has 0 unspecified atom stereocenters. The monoisotopic (exact) mass is 354 g/mol. The highest BCUT2D eigenvalue weighted by molar-refractivity contribution is 6.09. The first kappa shape index (κ1) is 17.6. The van der Waals surface area contributed by atoms with Gasteiger partial charge in [0.05, 0.1) is 18.2 Å². The van der Waals surface area contributed by atoms with Crippen LogP contribution in [0.25, 0.3) is 0 Å². The fraction of sp³-hybridized carbons (Fsp3) is 0.636. The van der Waals surface area contributed by atoms with Crippen molar-refractivity contribution in [2.75, 3.05) is 18.0 Å². The van der Waals surface area contributed by atoms with Crippen LogP contribution in [0.4, 0.5) is 5.69 Å². The third-order valence-corrected chi connectivity index (χ3v) is 6.25. The van der Waals surface area contributed by atoms with Crippen molar-refractivity contribution in [2.24, 2.45) is 4.99 Å². The molecular weight excluding hydrogens is 324 g/mol. The van der Waals surface area contributed by atoms with Crippen LogP contribution >= 0.6 is 0 Å². The minimum Gasteiger partial charge on any atom is -0.453 e. The third kappa shape index (κ3) is 3.51. The molecule has 4 heteroatoms. The number of esters is 1. The second-order valence-electron chi connectivity index (χ2n) is 8.10. The Hall–Kier alpha value is -1.84. The first-order valence-electron chi connectivity index (χ1n) is 10.3. The minimum atomic E-state index is -0.392. The summed E-state index contributed by atoms with van der Waals surface area (Å²) < 4.78 is 5.76. The summed E-state index contributed by atoms with van der Waals surface area (Å²) >= 11 is 0. The maximum atomic E-state index is 12.0. The predicted octanol–water partition coefficient (Wildman–Crippen LogP) is 4.83. The van der Waals surface area contributed by atoms with Crippen LogP contribution in [-0.2, 0) is 9.53 Å². The van der Waals surface area contributed by atoms with E-state index in [1.54, 1.807) is 0 Å². The van der Waals surface area contributed by atoms with Gasteiger partial charge in [-0.05, 0) is 69.6 Å². The van der Waals surface area contributed by atoms with Gasteiger partial charge in [0.15, 0.2) is 5.60 Å². The number of piperidine rings is 1. The topological polar surface area (TPSA) is 41.9 Å². The Kier molecular flexibility index (Phi) is 5.01. The summed E-state index contributed by atoms with van der Waals surface area (Å²) in [6.45, 7) is 4.46. The Morgan fingerprint density at radius 1 is 1.00 bits per heavy atom. The summed E-state index contributed by atoms with van der Waals surface area (Å²) in [6.07, 6.45) is 9.69. The molecule has 3 aliphatic rings. The first-order valence-corrected chi connectivity index (χ1v) is 10.3. The van der Waals surface area contributed by atoms with Gasteiger partial charge in [-0.25, -0.2) is 0 Å². The standard InChI is InChI=1S/C22H30N2O2/c1-17(18-8-10-19(11-9-18)24-14-6-3-7-15-24)23-20-16-21(25)26-22(20)12-4-2-5-13-22/h8-11,17H,2-7,12-16H2,1H3/t17-/m1/s1. The quantitative estimate of drug-likeness (QED) is 0.730. The lowest BCUT2D eigenvalue weighted by molar-refractivity contribution is -0.148. The van der Waals surface area contributed by atoms with Crippen molar-refractivity contribution in [2.45, 2.75) is 76.4 Å². The number of hydrogen-bond donors (Lipinski definition) is 0. The molecule has 4 rings (SSSR count). The molecule has 3 fully saturated rings. The molecule has 1 aromatic carbocycles. The Morgan fingerprint density at radius 2 is 1.65 bits per heavy atom. The lowest BCUT2D eigenvalue weighted by atomic mass is 9.81. The summed E-state index contributed by atoms with van der Waals surface area (Å²) in [6, 6.07) is 8.91. The number of anilines is 1. The maximum Gasteiger partial charge on any atom is 0.312 e. The fourth-order valence-corrected chi connectivity index (χ4v) is 4.71. The van der Waals surface area contributed by atoms with Gasteiger partial charge in [-0.1, -0.05) is 18.6 Å². The van der Waals surface area contributed by atoms with Gasteiger partial charge in [-0.3, -0.25) is 9.79 Å². The molecule has 0 bridgehead atoms. The van der Waals surface area contributed by atoms with Gasteiger partial charge in [0.2, 0.25) is 0 Å². The highest BCUT2D eigenvalue weighted by Gasteiger charge is 2.46. The molecule has 4 nitrogen and oxygen atoms in total. The van der Waals surface area contributed by atoms with E-state index in [0.717, 1.165) is 31.4 Å². The molecule has 2 heterocycles. The van der Waals surface area contributed by atoms with Crippen LogP contribution in [0, 0.1) is 0 Å². The number of carbonyl (C=O) groups excluding carboxylic acids is 1. The van der Waals surface area contributed by atoms with Gasteiger partial charge in [-0.2, -0.15) is 0 Å². The van der Waals surface area contributed by atoms with Crippen molar-refractivity contribution < 1.29 is 9.53 Å². The van der Waals surface area contributed by atoms with Crippen LogP contribution in [0.5, 0.6) is 0 Å². The Bertz CT molecular complexity index is 668. The Balaban J connectivity index is 1.50. The van der Waals surface area contributed by atoms with Crippen molar-refractivity contribution in [1.29, 1.82) is 0 Å². The molecular formula is C22H30N2O2. The van der Waals surface area contributed by atoms with Crippen LogP contribution in [0.2, 0.25) is 0 Å². The zero-order valence-electron chi connectivity index (χ0n) is 15.9. The average Bonchev–Trinajstić information content (AvgIpc) is 2.97. The second-order valence-corrected chi connectivity index (χ2v) is 8.10. The molecule has 2 aliphatic heterocycles. The van der Waals surface area contributed by atoms with Crippen LogP contribution in [0.3, 0.4) is 0 Å². The maximum absolute atomic E-state index is 12.0.